The molecule has 0 radical (unpaired) electrons. The quantitative estimate of drug-likeness (QED) is 0.393. The fraction of sp³-hybridized carbons (Fsp3) is 0.296. The second-order valence-electron chi connectivity index (χ2n) is 9.17. The minimum Gasteiger partial charge on any atom is -0.486 e. The van der Waals surface area contributed by atoms with Gasteiger partial charge in [-0.3, -0.25) is 9.89 Å². The van der Waals surface area contributed by atoms with Gasteiger partial charge in [0.05, 0.1) is 11.9 Å². The SMILES string of the molecule is CN(C)CCN(C)c1ccc(-c2ccc3[nH]nc(NC(=O)Cc4ccc5c(c4)OCCO5)c3c2)cn1. The van der Waals surface area contributed by atoms with E-state index in [2.05, 4.69) is 50.5 Å². The molecule has 36 heavy (non-hydrogen) atoms. The number of pyridine rings is 1. The van der Waals surface area contributed by atoms with Crippen LogP contribution in [0.1, 0.15) is 5.56 Å². The molecule has 0 fully saturated rings. The average Bonchev–Trinajstić information content (AvgIpc) is 3.29. The van der Waals surface area contributed by atoms with E-state index in [1.165, 1.54) is 0 Å². The maximum atomic E-state index is 12.8. The van der Waals surface area contributed by atoms with Gasteiger partial charge in [-0.15, -0.1) is 0 Å². The second-order valence-corrected chi connectivity index (χ2v) is 9.17. The number of nitrogens with one attached hydrogen (secondary N) is 2. The maximum Gasteiger partial charge on any atom is 0.230 e. The van der Waals surface area contributed by atoms with E-state index >= 15 is 0 Å². The zero-order valence-electron chi connectivity index (χ0n) is 20.7. The lowest BCUT2D eigenvalue weighted by Crippen LogP contribution is -2.28. The molecule has 0 spiro atoms. The first-order chi connectivity index (χ1) is 17.5. The molecule has 2 aromatic heterocycles. The highest BCUT2D eigenvalue weighted by Gasteiger charge is 2.15. The van der Waals surface area contributed by atoms with Crippen molar-refractivity contribution in [2.45, 2.75) is 6.42 Å². The van der Waals surface area contributed by atoms with Crippen LogP contribution in [-0.2, 0) is 11.2 Å². The Hall–Kier alpha value is -4.11. The van der Waals surface area contributed by atoms with Crippen molar-refractivity contribution in [3.8, 4) is 22.6 Å². The van der Waals surface area contributed by atoms with Gasteiger partial charge in [0.25, 0.3) is 0 Å². The molecule has 1 aliphatic heterocycles. The third-order valence-corrected chi connectivity index (χ3v) is 6.15. The molecule has 1 aliphatic rings. The maximum absolute atomic E-state index is 12.8. The van der Waals surface area contributed by atoms with Crippen molar-refractivity contribution in [1.29, 1.82) is 0 Å². The number of rotatable bonds is 8. The van der Waals surface area contributed by atoms with Crippen molar-refractivity contribution < 1.29 is 14.3 Å². The van der Waals surface area contributed by atoms with Crippen LogP contribution in [-0.4, -0.2) is 73.4 Å². The molecule has 9 nitrogen and oxygen atoms in total. The molecule has 2 N–H and O–H groups in total. The fourth-order valence-corrected chi connectivity index (χ4v) is 4.10. The van der Waals surface area contributed by atoms with Crippen molar-refractivity contribution in [3.05, 3.63) is 60.3 Å². The Morgan fingerprint density at radius 2 is 1.78 bits per heavy atom. The first-order valence-electron chi connectivity index (χ1n) is 11.9. The van der Waals surface area contributed by atoms with E-state index in [1.807, 2.05) is 55.7 Å². The van der Waals surface area contributed by atoms with Crippen LogP contribution in [0, 0.1) is 0 Å². The number of hydrogen-bond donors (Lipinski definition) is 2. The van der Waals surface area contributed by atoms with Crippen LogP contribution in [0.4, 0.5) is 11.6 Å². The van der Waals surface area contributed by atoms with Gasteiger partial charge in [-0.2, -0.15) is 5.10 Å². The predicted molar refractivity (Wildman–Crippen MR) is 141 cm³/mol. The number of nitrogens with zero attached hydrogens (tertiary/aromatic N) is 4. The summed E-state index contributed by atoms with van der Waals surface area (Å²) in [7, 11) is 6.17. The fourth-order valence-electron chi connectivity index (χ4n) is 4.10. The number of aromatic nitrogens is 3. The van der Waals surface area contributed by atoms with E-state index < -0.39 is 0 Å². The molecule has 2 aromatic carbocycles. The van der Waals surface area contributed by atoms with Gasteiger partial charge in [-0.1, -0.05) is 12.1 Å². The third kappa shape index (κ3) is 5.26. The summed E-state index contributed by atoms with van der Waals surface area (Å²) >= 11 is 0. The van der Waals surface area contributed by atoms with Crippen LogP contribution in [0.5, 0.6) is 11.5 Å². The molecule has 0 aliphatic carbocycles. The van der Waals surface area contributed by atoms with E-state index in [0.717, 1.165) is 46.5 Å². The summed E-state index contributed by atoms with van der Waals surface area (Å²) < 4.78 is 11.2. The Kier molecular flexibility index (Phi) is 6.73. The minimum atomic E-state index is -0.155. The van der Waals surface area contributed by atoms with Crippen molar-refractivity contribution in [2.24, 2.45) is 0 Å². The number of likely N-dealkylation sites (N-methyl/N-ethyl adjacent to an activating group) is 2. The van der Waals surface area contributed by atoms with Crippen LogP contribution in [0.15, 0.2) is 54.7 Å². The predicted octanol–water partition coefficient (Wildman–Crippen LogP) is 3.58. The summed E-state index contributed by atoms with van der Waals surface area (Å²) in [4.78, 5) is 21.7. The Morgan fingerprint density at radius 3 is 2.56 bits per heavy atom. The molecule has 1 amide bonds. The van der Waals surface area contributed by atoms with E-state index in [0.29, 0.717) is 30.5 Å². The first kappa shape index (κ1) is 23.6. The molecule has 5 rings (SSSR count). The number of hydrogen-bond acceptors (Lipinski definition) is 7. The molecule has 0 atom stereocenters. The number of aromatic amines is 1. The van der Waals surface area contributed by atoms with Crippen LogP contribution >= 0.6 is 0 Å². The number of carbonyl (C=O) groups excluding carboxylic acids is 1. The molecular formula is C27H30N6O3. The lowest BCUT2D eigenvalue weighted by molar-refractivity contribution is -0.115. The molecular weight excluding hydrogens is 456 g/mol. The van der Waals surface area contributed by atoms with Gasteiger partial charge in [-0.05, 0) is 61.6 Å². The number of fused-ring (bicyclic) bond motifs is 2. The van der Waals surface area contributed by atoms with Gasteiger partial charge in [0.2, 0.25) is 5.91 Å². The van der Waals surface area contributed by atoms with Gasteiger partial charge < -0.3 is 24.6 Å². The van der Waals surface area contributed by atoms with Crippen molar-refractivity contribution in [3.63, 3.8) is 0 Å². The Morgan fingerprint density at radius 1 is 0.972 bits per heavy atom. The Bertz CT molecular complexity index is 1370. The number of H-pyrrole nitrogens is 1. The Labute approximate surface area is 210 Å². The molecule has 0 bridgehead atoms. The number of benzene rings is 2. The van der Waals surface area contributed by atoms with Crippen LogP contribution < -0.4 is 19.7 Å². The zero-order chi connectivity index (χ0) is 25.1. The van der Waals surface area contributed by atoms with Gasteiger partial charge in [-0.25, -0.2) is 4.98 Å². The summed E-state index contributed by atoms with van der Waals surface area (Å²) in [6.07, 6.45) is 2.08. The van der Waals surface area contributed by atoms with E-state index in [-0.39, 0.29) is 12.3 Å². The molecule has 4 aromatic rings. The van der Waals surface area contributed by atoms with Gasteiger partial charge in [0.1, 0.15) is 19.0 Å². The largest absolute Gasteiger partial charge is 0.486 e. The summed E-state index contributed by atoms with van der Waals surface area (Å²) in [5, 5.41) is 11.1. The first-order valence-corrected chi connectivity index (χ1v) is 11.9. The number of carbonyl (C=O) groups is 1. The lowest BCUT2D eigenvalue weighted by Gasteiger charge is -2.20. The van der Waals surface area contributed by atoms with Gasteiger partial charge in [0.15, 0.2) is 17.3 Å². The number of amides is 1. The van der Waals surface area contributed by atoms with Gasteiger partial charge in [0, 0.05) is 37.3 Å². The van der Waals surface area contributed by atoms with E-state index in [1.54, 1.807) is 0 Å². The molecule has 3 heterocycles. The van der Waals surface area contributed by atoms with Crippen molar-refractivity contribution >= 4 is 28.4 Å². The highest BCUT2D eigenvalue weighted by atomic mass is 16.6. The summed E-state index contributed by atoms with van der Waals surface area (Å²) in [5.41, 5.74) is 3.69. The number of anilines is 2. The molecule has 186 valence electrons. The van der Waals surface area contributed by atoms with Crippen LogP contribution in [0.3, 0.4) is 0 Å². The van der Waals surface area contributed by atoms with Gasteiger partial charge >= 0.3 is 0 Å². The summed E-state index contributed by atoms with van der Waals surface area (Å²) in [6, 6.07) is 15.7. The lowest BCUT2D eigenvalue weighted by atomic mass is 10.1. The van der Waals surface area contributed by atoms with Crippen LogP contribution in [0.25, 0.3) is 22.0 Å². The van der Waals surface area contributed by atoms with E-state index in [4.69, 9.17) is 9.47 Å². The molecule has 0 unspecified atom stereocenters. The smallest absolute Gasteiger partial charge is 0.230 e. The molecule has 0 saturated heterocycles. The van der Waals surface area contributed by atoms with E-state index in [9.17, 15) is 4.79 Å². The highest BCUT2D eigenvalue weighted by molar-refractivity contribution is 6.01. The molecule has 9 heteroatoms. The third-order valence-electron chi connectivity index (χ3n) is 6.15. The van der Waals surface area contributed by atoms with Crippen LogP contribution in [0.2, 0.25) is 0 Å². The minimum absolute atomic E-state index is 0.155. The highest BCUT2D eigenvalue weighted by Crippen LogP contribution is 2.31. The average molecular weight is 487 g/mol. The normalized spacial score (nSPS) is 12.7. The topological polar surface area (TPSA) is 95.6 Å². The monoisotopic (exact) mass is 486 g/mol. The Balaban J connectivity index is 1.29. The molecule has 0 saturated carbocycles. The van der Waals surface area contributed by atoms with Crippen molar-refractivity contribution in [1.82, 2.24) is 20.1 Å². The standard InChI is InChI=1S/C27H30N6O3/c1-32(2)10-11-33(3)25-9-6-20(17-28-25)19-5-7-22-21(16-19)27(31-30-22)29-26(34)15-18-4-8-23-24(14-18)36-13-12-35-23/h4-9,14,16-17H,10-13,15H2,1-3H3,(H2,29,30,31,34). The number of ether oxygens (including phenoxy) is 2. The zero-order valence-corrected chi connectivity index (χ0v) is 20.7. The van der Waals surface area contributed by atoms with Crippen molar-refractivity contribution in [2.75, 3.05) is 57.7 Å². The second kappa shape index (κ2) is 10.2. The summed E-state index contributed by atoms with van der Waals surface area (Å²) in [6.45, 7) is 2.90. The summed E-state index contributed by atoms with van der Waals surface area (Å²) in [5.74, 6) is 2.65.